The van der Waals surface area contributed by atoms with Crippen LogP contribution in [0.3, 0.4) is 0 Å². The predicted molar refractivity (Wildman–Crippen MR) is 52.3 cm³/mol. The zero-order valence-corrected chi connectivity index (χ0v) is 8.41. The van der Waals surface area contributed by atoms with Crippen molar-refractivity contribution in [3.05, 3.63) is 0 Å². The molecule has 0 bridgehead atoms. The summed E-state index contributed by atoms with van der Waals surface area (Å²) in [7, 11) is 0. The molecule has 76 valence electrons. The van der Waals surface area contributed by atoms with E-state index in [1.807, 2.05) is 11.0 Å². The lowest BCUT2D eigenvalue weighted by atomic mass is 9.92. The zero-order valence-electron chi connectivity index (χ0n) is 8.41. The van der Waals surface area contributed by atoms with Gasteiger partial charge >= 0.3 is 0 Å². The Hall–Kier alpha value is -1.04. The molecule has 2 atom stereocenters. The number of likely N-dealkylation sites (tertiary alicyclic amines) is 1. The first-order chi connectivity index (χ1) is 6.83. The Labute approximate surface area is 84.7 Å². The van der Waals surface area contributed by atoms with Crippen LogP contribution in [0.4, 0.5) is 0 Å². The normalized spacial score (nSPS) is 30.9. The number of amides is 1. The maximum absolute atomic E-state index is 11.6. The Morgan fingerprint density at radius 1 is 1.36 bits per heavy atom. The molecule has 0 radical (unpaired) electrons. The molecule has 1 amide bonds. The lowest BCUT2D eigenvalue weighted by Gasteiger charge is -2.37. The number of nitriles is 1. The molecule has 0 spiro atoms. The van der Waals surface area contributed by atoms with Crippen molar-refractivity contribution >= 4 is 5.91 Å². The average Bonchev–Trinajstić information content (AvgIpc) is 2.65. The highest BCUT2D eigenvalue weighted by molar-refractivity contribution is 5.78. The minimum atomic E-state index is 0.0455. The van der Waals surface area contributed by atoms with Gasteiger partial charge in [-0.1, -0.05) is 6.42 Å². The smallest absolute Gasteiger partial charge is 0.237 e. The molecule has 3 heteroatoms. The fraction of sp³-hybridized carbons (Fsp3) is 0.818. The minimum Gasteiger partial charge on any atom is -0.339 e. The van der Waals surface area contributed by atoms with E-state index < -0.39 is 0 Å². The van der Waals surface area contributed by atoms with Crippen molar-refractivity contribution < 1.29 is 4.79 Å². The van der Waals surface area contributed by atoms with E-state index in [1.54, 1.807) is 0 Å². The van der Waals surface area contributed by atoms with E-state index in [9.17, 15) is 4.79 Å². The number of carbonyl (C=O) groups is 1. The highest BCUT2D eigenvalue weighted by Crippen LogP contribution is 2.36. The van der Waals surface area contributed by atoms with Crippen molar-refractivity contribution in [2.24, 2.45) is 5.92 Å². The van der Waals surface area contributed by atoms with Gasteiger partial charge in [0.2, 0.25) is 5.91 Å². The number of piperidine rings is 1. The van der Waals surface area contributed by atoms with E-state index in [4.69, 9.17) is 5.26 Å². The Bertz CT molecular complexity index is 269. The number of fused-ring (bicyclic) bond motifs is 1. The molecular formula is C11H16N2O. The van der Waals surface area contributed by atoms with Gasteiger partial charge in [-0.15, -0.1) is 0 Å². The summed E-state index contributed by atoms with van der Waals surface area (Å²) in [4.78, 5) is 13.6. The Morgan fingerprint density at radius 3 is 2.93 bits per heavy atom. The van der Waals surface area contributed by atoms with Crippen molar-refractivity contribution in [2.45, 2.75) is 44.6 Å². The molecule has 1 aliphatic heterocycles. The molecule has 0 aromatic heterocycles. The second kappa shape index (κ2) is 4.00. The van der Waals surface area contributed by atoms with Crippen LogP contribution in [0.25, 0.3) is 0 Å². The number of hydrogen-bond acceptors (Lipinski definition) is 2. The van der Waals surface area contributed by atoms with Gasteiger partial charge in [0, 0.05) is 12.6 Å². The number of carbonyl (C=O) groups excluding carboxylic acids is 1. The minimum absolute atomic E-state index is 0.0455. The fourth-order valence-corrected chi connectivity index (χ4v) is 2.93. The molecule has 2 rings (SSSR count). The van der Waals surface area contributed by atoms with Crippen LogP contribution in [0.5, 0.6) is 0 Å². The van der Waals surface area contributed by atoms with Gasteiger partial charge in [-0.25, -0.2) is 0 Å². The van der Waals surface area contributed by atoms with Crippen LogP contribution in [-0.2, 0) is 4.79 Å². The molecule has 1 heterocycles. The van der Waals surface area contributed by atoms with Crippen LogP contribution in [-0.4, -0.2) is 23.4 Å². The standard InChI is InChI=1S/C11H16N2O/c12-7-6-11(14)13-8-2-4-9-3-1-5-10(9)13/h9-10H,1-6,8H2. The first-order valence-electron chi connectivity index (χ1n) is 5.49. The molecule has 0 aromatic carbocycles. The van der Waals surface area contributed by atoms with Gasteiger partial charge in [0.15, 0.2) is 0 Å². The maximum atomic E-state index is 11.6. The van der Waals surface area contributed by atoms with Crippen LogP contribution in [0.15, 0.2) is 0 Å². The third kappa shape index (κ3) is 1.61. The van der Waals surface area contributed by atoms with Gasteiger partial charge in [-0.3, -0.25) is 4.79 Å². The lowest BCUT2D eigenvalue weighted by molar-refractivity contribution is -0.134. The van der Waals surface area contributed by atoms with E-state index in [1.165, 1.54) is 19.3 Å². The first kappa shape index (κ1) is 9.51. The number of hydrogen-bond donors (Lipinski definition) is 0. The number of nitrogens with zero attached hydrogens (tertiary/aromatic N) is 2. The highest BCUT2D eigenvalue weighted by Gasteiger charge is 2.36. The quantitative estimate of drug-likeness (QED) is 0.634. The Kier molecular flexibility index (Phi) is 2.72. The van der Waals surface area contributed by atoms with Crippen LogP contribution in [0.2, 0.25) is 0 Å². The molecule has 2 unspecified atom stereocenters. The molecule has 1 aliphatic carbocycles. The van der Waals surface area contributed by atoms with E-state index in [0.717, 1.165) is 25.3 Å². The summed E-state index contributed by atoms with van der Waals surface area (Å²) in [5.74, 6) is 0.774. The molecule has 3 nitrogen and oxygen atoms in total. The van der Waals surface area contributed by atoms with E-state index in [2.05, 4.69) is 0 Å². The van der Waals surface area contributed by atoms with Crippen LogP contribution in [0, 0.1) is 17.2 Å². The fourth-order valence-electron chi connectivity index (χ4n) is 2.93. The van der Waals surface area contributed by atoms with Crippen molar-refractivity contribution in [3.8, 4) is 6.07 Å². The second-order valence-corrected chi connectivity index (χ2v) is 4.32. The predicted octanol–water partition coefficient (Wildman–Crippen LogP) is 1.69. The van der Waals surface area contributed by atoms with Crippen molar-refractivity contribution in [3.63, 3.8) is 0 Å². The van der Waals surface area contributed by atoms with Gasteiger partial charge in [-0.2, -0.15) is 5.26 Å². The van der Waals surface area contributed by atoms with E-state index >= 15 is 0 Å². The Balaban J connectivity index is 2.03. The van der Waals surface area contributed by atoms with E-state index in [-0.39, 0.29) is 12.3 Å². The van der Waals surface area contributed by atoms with E-state index in [0.29, 0.717) is 6.04 Å². The zero-order chi connectivity index (χ0) is 9.97. The maximum Gasteiger partial charge on any atom is 0.237 e. The molecular weight excluding hydrogens is 176 g/mol. The molecule has 2 fully saturated rings. The summed E-state index contributed by atoms with van der Waals surface area (Å²) in [6.45, 7) is 0.877. The number of rotatable bonds is 1. The monoisotopic (exact) mass is 192 g/mol. The third-order valence-electron chi connectivity index (χ3n) is 3.54. The molecule has 1 saturated carbocycles. The summed E-state index contributed by atoms with van der Waals surface area (Å²) in [5, 5.41) is 8.51. The van der Waals surface area contributed by atoms with Crippen LogP contribution in [0.1, 0.15) is 38.5 Å². The molecule has 1 saturated heterocycles. The average molecular weight is 192 g/mol. The van der Waals surface area contributed by atoms with Gasteiger partial charge < -0.3 is 4.90 Å². The summed E-state index contributed by atoms with van der Waals surface area (Å²) < 4.78 is 0. The topological polar surface area (TPSA) is 44.1 Å². The van der Waals surface area contributed by atoms with Gasteiger partial charge in [0.25, 0.3) is 0 Å². The SMILES string of the molecule is N#CCC(=O)N1CCCC2CCCC21. The largest absolute Gasteiger partial charge is 0.339 e. The van der Waals surface area contributed by atoms with Crippen LogP contribution >= 0.6 is 0 Å². The van der Waals surface area contributed by atoms with Crippen molar-refractivity contribution in [2.75, 3.05) is 6.54 Å². The van der Waals surface area contributed by atoms with Gasteiger partial charge in [0.1, 0.15) is 6.42 Å². The highest BCUT2D eigenvalue weighted by atomic mass is 16.2. The summed E-state index contributed by atoms with van der Waals surface area (Å²) in [5.41, 5.74) is 0. The third-order valence-corrected chi connectivity index (χ3v) is 3.54. The summed E-state index contributed by atoms with van der Waals surface area (Å²) >= 11 is 0. The van der Waals surface area contributed by atoms with Crippen LogP contribution < -0.4 is 0 Å². The van der Waals surface area contributed by atoms with Crippen molar-refractivity contribution in [1.29, 1.82) is 5.26 Å². The molecule has 2 aliphatic rings. The Morgan fingerprint density at radius 2 is 2.14 bits per heavy atom. The second-order valence-electron chi connectivity index (χ2n) is 4.32. The summed E-state index contributed by atoms with van der Waals surface area (Å²) in [6.07, 6.45) is 6.15. The summed E-state index contributed by atoms with van der Waals surface area (Å²) in [6, 6.07) is 2.42. The first-order valence-corrected chi connectivity index (χ1v) is 5.49. The van der Waals surface area contributed by atoms with Crippen molar-refractivity contribution in [1.82, 2.24) is 4.90 Å². The molecule has 0 N–H and O–H groups in total. The van der Waals surface area contributed by atoms with Gasteiger partial charge in [-0.05, 0) is 31.6 Å². The van der Waals surface area contributed by atoms with Gasteiger partial charge in [0.05, 0.1) is 6.07 Å². The lowest BCUT2D eigenvalue weighted by Crippen LogP contribution is -2.45. The molecule has 0 aromatic rings. The molecule has 14 heavy (non-hydrogen) atoms.